The highest BCUT2D eigenvalue weighted by Gasteiger charge is 2.52. The summed E-state index contributed by atoms with van der Waals surface area (Å²) in [6.07, 6.45) is -0.254. The molecule has 2 heterocycles. The van der Waals surface area contributed by atoms with Gasteiger partial charge in [0, 0.05) is 24.0 Å². The Hall–Kier alpha value is -1.59. The highest BCUT2D eigenvalue weighted by Crippen LogP contribution is 2.37. The Labute approximate surface area is 229 Å². The molecule has 39 heavy (non-hydrogen) atoms. The van der Waals surface area contributed by atoms with Gasteiger partial charge in [-0.25, -0.2) is 4.99 Å². The maximum Gasteiger partial charge on any atom is 0.186 e. The fourth-order valence-corrected chi connectivity index (χ4v) is 6.48. The zero-order chi connectivity index (χ0) is 28.5. The van der Waals surface area contributed by atoms with E-state index >= 15 is 0 Å². The molecule has 15 N–H and O–H groups in total. The van der Waals surface area contributed by atoms with Crippen molar-refractivity contribution in [2.45, 2.75) is 99.1 Å². The fraction of sp³-hybridized carbons (Fsp3) is 0.880. The van der Waals surface area contributed by atoms with E-state index < -0.39 is 66.4 Å². The highest BCUT2D eigenvalue weighted by atomic mass is 16.7. The normalized spacial score (nSPS) is 46.5. The van der Waals surface area contributed by atoms with Crippen LogP contribution in [0, 0.1) is 11.8 Å². The van der Waals surface area contributed by atoms with Gasteiger partial charge in [-0.3, -0.25) is 0 Å². The van der Waals surface area contributed by atoms with Gasteiger partial charge in [0.05, 0.1) is 31.3 Å². The standard InChI is InChI=1S/C25H48N8O6/c1-25(36)10-37-23(19(35)22(25)31-2)39-20-15(28)7-14(27)17(18(20)34)21-16(33-24(29)30)4-3-13(38-21)9-32-8-11-5-12(26)6-11/h3,11-12,14-23,31-32,34-36H,4-10,26-28H2,1-2H3,(H4,29,30,33)/t11?,12?,14-,15+,16+,17+,18-,19+,20-,21?,22+,23+,25-/m0/s1. The molecule has 0 aromatic carbocycles. The molecule has 0 radical (unpaired) electrons. The van der Waals surface area contributed by atoms with Gasteiger partial charge in [-0.1, -0.05) is 0 Å². The zero-order valence-corrected chi connectivity index (χ0v) is 22.9. The van der Waals surface area contributed by atoms with Gasteiger partial charge in [-0.05, 0) is 58.2 Å². The van der Waals surface area contributed by atoms with Gasteiger partial charge in [-0.15, -0.1) is 0 Å². The summed E-state index contributed by atoms with van der Waals surface area (Å²) >= 11 is 0. The first kappa shape index (κ1) is 30.4. The summed E-state index contributed by atoms with van der Waals surface area (Å²) in [7, 11) is 1.63. The van der Waals surface area contributed by atoms with Crippen molar-refractivity contribution in [3.05, 3.63) is 11.8 Å². The van der Waals surface area contributed by atoms with Crippen molar-refractivity contribution < 1.29 is 29.5 Å². The molecule has 0 aromatic rings. The first-order chi connectivity index (χ1) is 18.4. The Balaban J connectivity index is 1.47. The Bertz CT molecular complexity index is 883. The molecule has 1 saturated heterocycles. The quantitative estimate of drug-likeness (QED) is 0.0963. The number of hydrogen-bond acceptors (Lipinski definition) is 12. The van der Waals surface area contributed by atoms with Crippen molar-refractivity contribution in [1.82, 2.24) is 10.6 Å². The molecule has 0 spiro atoms. The average Bonchev–Trinajstić information content (AvgIpc) is 2.83. The molecule has 2 aliphatic heterocycles. The van der Waals surface area contributed by atoms with Crippen LogP contribution in [0.5, 0.6) is 0 Å². The van der Waals surface area contributed by atoms with E-state index in [2.05, 4.69) is 15.6 Å². The van der Waals surface area contributed by atoms with Crippen LogP contribution < -0.4 is 39.3 Å². The van der Waals surface area contributed by atoms with E-state index in [1.807, 2.05) is 6.08 Å². The average molecular weight is 557 g/mol. The van der Waals surface area contributed by atoms with Crippen LogP contribution in [0.15, 0.2) is 16.8 Å². The molecule has 2 saturated carbocycles. The van der Waals surface area contributed by atoms with Crippen LogP contribution in [0.3, 0.4) is 0 Å². The van der Waals surface area contributed by atoms with E-state index in [0.717, 1.165) is 25.1 Å². The molecule has 0 bridgehead atoms. The first-order valence-electron chi connectivity index (χ1n) is 13.9. The predicted octanol–water partition coefficient (Wildman–Crippen LogP) is -3.90. The van der Waals surface area contributed by atoms with Crippen molar-refractivity contribution in [3.63, 3.8) is 0 Å². The monoisotopic (exact) mass is 556 g/mol. The number of nitrogens with zero attached hydrogens (tertiary/aromatic N) is 1. The molecule has 14 nitrogen and oxygen atoms in total. The lowest BCUT2D eigenvalue weighted by molar-refractivity contribution is -0.296. The number of rotatable bonds is 9. The van der Waals surface area contributed by atoms with Crippen molar-refractivity contribution in [2.24, 2.45) is 45.5 Å². The Morgan fingerprint density at radius 1 is 1.15 bits per heavy atom. The topological polar surface area (TPSA) is 255 Å². The SMILES string of the molecule is CN[C@@H]1[C@@H](O)[C@@H](O[C@@H]2[C@@H](O)[C@H](C3OC(CNCC4CC(N)C4)=CC[C@H]3N=C(N)N)[C@@H](N)C[C@H]2N)OC[C@]1(C)O. The third-order valence-electron chi connectivity index (χ3n) is 8.58. The number of hydrogen-bond donors (Lipinski definition) is 10. The lowest BCUT2D eigenvalue weighted by Crippen LogP contribution is -2.68. The van der Waals surface area contributed by atoms with Gasteiger partial charge in [-0.2, -0.15) is 0 Å². The summed E-state index contributed by atoms with van der Waals surface area (Å²) in [6, 6.07) is -2.05. The Morgan fingerprint density at radius 3 is 2.51 bits per heavy atom. The van der Waals surface area contributed by atoms with Crippen LogP contribution in [0.25, 0.3) is 0 Å². The molecule has 11 atom stereocenters. The minimum Gasteiger partial charge on any atom is -0.491 e. The summed E-state index contributed by atoms with van der Waals surface area (Å²) in [5.41, 5.74) is 29.0. The molecule has 14 heteroatoms. The zero-order valence-electron chi connectivity index (χ0n) is 22.9. The van der Waals surface area contributed by atoms with E-state index in [0.29, 0.717) is 31.3 Å². The van der Waals surface area contributed by atoms with E-state index in [9.17, 15) is 15.3 Å². The highest BCUT2D eigenvalue weighted by molar-refractivity contribution is 5.76. The molecule has 2 aliphatic carbocycles. The van der Waals surface area contributed by atoms with Crippen LogP contribution in [0.4, 0.5) is 0 Å². The fourth-order valence-electron chi connectivity index (χ4n) is 6.48. The number of likely N-dealkylation sites (N-methyl/N-ethyl adjacent to an activating group) is 1. The van der Waals surface area contributed by atoms with Crippen molar-refractivity contribution in [3.8, 4) is 0 Å². The summed E-state index contributed by atoms with van der Waals surface area (Å²) in [6.45, 7) is 2.85. The number of ether oxygens (including phenoxy) is 3. The van der Waals surface area contributed by atoms with Crippen LogP contribution >= 0.6 is 0 Å². The Kier molecular flexibility index (Phi) is 9.74. The minimum absolute atomic E-state index is 0.0759. The molecule has 4 aliphatic rings. The maximum absolute atomic E-state index is 11.6. The van der Waals surface area contributed by atoms with Crippen LogP contribution in [0.1, 0.15) is 32.6 Å². The molecular formula is C25H48N8O6. The van der Waals surface area contributed by atoms with Gasteiger partial charge >= 0.3 is 0 Å². The van der Waals surface area contributed by atoms with Gasteiger partial charge in [0.2, 0.25) is 0 Å². The van der Waals surface area contributed by atoms with E-state index in [4.69, 9.17) is 42.9 Å². The first-order valence-corrected chi connectivity index (χ1v) is 13.9. The van der Waals surface area contributed by atoms with Crippen molar-refractivity contribution in [2.75, 3.05) is 26.7 Å². The summed E-state index contributed by atoms with van der Waals surface area (Å²) in [5.74, 6) is 0.575. The number of aliphatic hydroxyl groups excluding tert-OH is 2. The molecule has 0 amide bonds. The van der Waals surface area contributed by atoms with Crippen LogP contribution in [-0.4, -0.2) is 115 Å². The van der Waals surface area contributed by atoms with Crippen LogP contribution in [0.2, 0.25) is 0 Å². The van der Waals surface area contributed by atoms with Gasteiger partial charge in [0.1, 0.15) is 29.7 Å². The van der Waals surface area contributed by atoms with E-state index in [-0.39, 0.29) is 12.6 Å². The number of aliphatic imine (C=N–C) groups is 1. The summed E-state index contributed by atoms with van der Waals surface area (Å²) in [5, 5.41) is 39.4. The number of guanidine groups is 1. The molecule has 1 unspecified atom stereocenters. The summed E-state index contributed by atoms with van der Waals surface area (Å²) < 4.78 is 18.1. The van der Waals surface area contributed by atoms with E-state index in [1.54, 1.807) is 14.0 Å². The maximum atomic E-state index is 11.6. The van der Waals surface area contributed by atoms with Crippen molar-refractivity contribution >= 4 is 5.96 Å². The van der Waals surface area contributed by atoms with Gasteiger partial charge in [0.15, 0.2) is 12.2 Å². The third kappa shape index (κ3) is 6.84. The molecule has 0 aromatic heterocycles. The lowest BCUT2D eigenvalue weighted by atomic mass is 9.73. The third-order valence-corrected chi connectivity index (χ3v) is 8.58. The molecule has 4 rings (SSSR count). The minimum atomic E-state index is -1.31. The number of nitrogens with two attached hydrogens (primary N) is 5. The van der Waals surface area contributed by atoms with Gasteiger partial charge in [0.25, 0.3) is 0 Å². The lowest BCUT2D eigenvalue weighted by Gasteiger charge is -2.49. The second kappa shape index (κ2) is 12.5. The van der Waals surface area contributed by atoms with Gasteiger partial charge < -0.3 is 68.8 Å². The van der Waals surface area contributed by atoms with Crippen LogP contribution in [-0.2, 0) is 14.2 Å². The predicted molar refractivity (Wildman–Crippen MR) is 145 cm³/mol. The van der Waals surface area contributed by atoms with E-state index in [1.165, 1.54) is 0 Å². The second-order valence-electron chi connectivity index (χ2n) is 11.9. The molecule has 3 fully saturated rings. The number of aliphatic hydroxyl groups is 3. The number of nitrogens with one attached hydrogen (secondary N) is 2. The molecule has 224 valence electrons. The van der Waals surface area contributed by atoms with Crippen molar-refractivity contribution in [1.29, 1.82) is 0 Å². The molecular weight excluding hydrogens is 508 g/mol. The smallest absolute Gasteiger partial charge is 0.186 e. The summed E-state index contributed by atoms with van der Waals surface area (Å²) in [4.78, 5) is 4.37. The second-order valence-corrected chi connectivity index (χ2v) is 11.9. The largest absolute Gasteiger partial charge is 0.491 e. The Morgan fingerprint density at radius 2 is 1.87 bits per heavy atom.